The molecule has 0 saturated carbocycles. The summed E-state index contributed by atoms with van der Waals surface area (Å²) < 4.78 is 0. The van der Waals surface area contributed by atoms with E-state index in [1.54, 1.807) is 13.8 Å². The summed E-state index contributed by atoms with van der Waals surface area (Å²) >= 11 is 0. The third-order valence-corrected chi connectivity index (χ3v) is 1.98. The van der Waals surface area contributed by atoms with E-state index in [1.807, 2.05) is 6.92 Å². The number of carboxylic acid groups (broad SMARTS) is 1. The fraction of sp³-hybridized carbons (Fsp3) is 0.500. The Labute approximate surface area is 83.0 Å². The Hall–Kier alpha value is -1.45. The molecule has 0 amide bonds. The fourth-order valence-electron chi connectivity index (χ4n) is 1.48. The molecule has 1 heterocycles. The van der Waals surface area contributed by atoms with Crippen LogP contribution in [0.5, 0.6) is 0 Å². The highest BCUT2D eigenvalue weighted by atomic mass is 16.4. The lowest BCUT2D eigenvalue weighted by atomic mass is 10.1. The number of carbonyl (C=O) groups is 1. The van der Waals surface area contributed by atoms with Gasteiger partial charge in [0.2, 0.25) is 0 Å². The highest BCUT2D eigenvalue weighted by Gasteiger charge is 2.15. The van der Waals surface area contributed by atoms with Crippen molar-refractivity contribution < 1.29 is 9.90 Å². The lowest BCUT2D eigenvalue weighted by Gasteiger charge is -2.07. The van der Waals surface area contributed by atoms with Gasteiger partial charge in [-0.15, -0.1) is 0 Å². The predicted molar refractivity (Wildman–Crippen MR) is 52.5 cm³/mol. The number of carboxylic acids is 1. The minimum absolute atomic E-state index is 0.262. The van der Waals surface area contributed by atoms with Crippen molar-refractivity contribution in [3.63, 3.8) is 0 Å². The van der Waals surface area contributed by atoms with Gasteiger partial charge in [0.1, 0.15) is 11.4 Å². The summed E-state index contributed by atoms with van der Waals surface area (Å²) in [5.41, 5.74) is 1.45. The molecule has 0 unspecified atom stereocenters. The van der Waals surface area contributed by atoms with Gasteiger partial charge in [0.05, 0.1) is 11.4 Å². The molecule has 4 nitrogen and oxygen atoms in total. The molecule has 14 heavy (non-hydrogen) atoms. The Morgan fingerprint density at radius 2 is 2.00 bits per heavy atom. The number of hydrogen-bond donors (Lipinski definition) is 1. The van der Waals surface area contributed by atoms with Crippen LogP contribution in [-0.4, -0.2) is 21.0 Å². The Morgan fingerprint density at radius 1 is 1.36 bits per heavy atom. The lowest BCUT2D eigenvalue weighted by molar-refractivity contribution is 0.0693. The normalized spacial score (nSPS) is 10.2. The summed E-state index contributed by atoms with van der Waals surface area (Å²) in [6, 6.07) is 0. The zero-order valence-electron chi connectivity index (χ0n) is 8.66. The third kappa shape index (κ3) is 2.07. The molecule has 1 rings (SSSR count). The van der Waals surface area contributed by atoms with Gasteiger partial charge in [0.15, 0.2) is 0 Å². The fourth-order valence-corrected chi connectivity index (χ4v) is 1.48. The van der Waals surface area contributed by atoms with Crippen molar-refractivity contribution in [1.82, 2.24) is 9.97 Å². The van der Waals surface area contributed by atoms with Crippen LogP contribution >= 0.6 is 0 Å². The molecule has 1 aromatic heterocycles. The van der Waals surface area contributed by atoms with Crippen LogP contribution in [0.4, 0.5) is 0 Å². The summed E-state index contributed by atoms with van der Waals surface area (Å²) in [4.78, 5) is 19.1. The molecule has 0 aliphatic heterocycles. The molecule has 76 valence electrons. The molecular formula is C10H14N2O2. The Bertz CT molecular complexity index is 361. The molecule has 0 spiro atoms. The van der Waals surface area contributed by atoms with Gasteiger partial charge < -0.3 is 5.11 Å². The quantitative estimate of drug-likeness (QED) is 0.796. The van der Waals surface area contributed by atoms with Crippen molar-refractivity contribution in [2.24, 2.45) is 0 Å². The van der Waals surface area contributed by atoms with Crippen LogP contribution in [0.25, 0.3) is 0 Å². The summed E-state index contributed by atoms with van der Waals surface area (Å²) in [6.45, 7) is 5.48. The number of aromatic carboxylic acids is 1. The van der Waals surface area contributed by atoms with Crippen molar-refractivity contribution in [3.8, 4) is 0 Å². The number of rotatable bonds is 3. The topological polar surface area (TPSA) is 63.1 Å². The smallest absolute Gasteiger partial charge is 0.339 e. The van der Waals surface area contributed by atoms with E-state index < -0.39 is 5.97 Å². The Morgan fingerprint density at radius 3 is 2.50 bits per heavy atom. The van der Waals surface area contributed by atoms with Crippen molar-refractivity contribution in [2.75, 3.05) is 0 Å². The molecule has 0 radical (unpaired) electrons. The van der Waals surface area contributed by atoms with E-state index >= 15 is 0 Å². The molecule has 0 aromatic carbocycles. The van der Waals surface area contributed by atoms with Crippen LogP contribution in [0.15, 0.2) is 0 Å². The van der Waals surface area contributed by atoms with Crippen LogP contribution in [0.2, 0.25) is 0 Å². The number of hydrogen-bond acceptors (Lipinski definition) is 3. The van der Waals surface area contributed by atoms with Crippen molar-refractivity contribution >= 4 is 5.97 Å². The molecule has 4 heteroatoms. The van der Waals surface area contributed by atoms with Crippen LogP contribution in [-0.2, 0) is 6.42 Å². The predicted octanol–water partition coefficient (Wildman–Crippen LogP) is 1.74. The van der Waals surface area contributed by atoms with Crippen molar-refractivity contribution in [3.05, 3.63) is 22.8 Å². The van der Waals surface area contributed by atoms with E-state index in [-0.39, 0.29) is 5.56 Å². The molecular weight excluding hydrogens is 180 g/mol. The maximum Gasteiger partial charge on any atom is 0.339 e. The summed E-state index contributed by atoms with van der Waals surface area (Å²) in [5, 5.41) is 8.98. The Balaban J connectivity index is 3.28. The van der Waals surface area contributed by atoms with Gasteiger partial charge in [-0.1, -0.05) is 13.3 Å². The van der Waals surface area contributed by atoms with E-state index in [2.05, 4.69) is 9.97 Å². The number of aryl methyl sites for hydroxylation is 3. The number of nitrogens with zero attached hydrogens (tertiary/aromatic N) is 2. The molecule has 0 aliphatic carbocycles. The molecule has 0 aliphatic rings. The van der Waals surface area contributed by atoms with Crippen LogP contribution in [0, 0.1) is 13.8 Å². The average Bonchev–Trinajstić information content (AvgIpc) is 2.01. The molecule has 0 atom stereocenters. The SMILES string of the molecule is CCCc1nc(C)nc(C)c1C(=O)O. The molecule has 0 bridgehead atoms. The van der Waals surface area contributed by atoms with Gasteiger partial charge in [-0.25, -0.2) is 14.8 Å². The van der Waals surface area contributed by atoms with Crippen LogP contribution < -0.4 is 0 Å². The minimum atomic E-state index is -0.939. The standard InChI is InChI=1S/C10H14N2O2/c1-4-5-8-9(10(13)14)6(2)11-7(3)12-8/h4-5H2,1-3H3,(H,13,14). The van der Waals surface area contributed by atoms with Crippen molar-refractivity contribution in [2.45, 2.75) is 33.6 Å². The summed E-state index contributed by atoms with van der Waals surface area (Å²) in [5.74, 6) is -0.304. The second-order valence-electron chi connectivity index (χ2n) is 3.23. The molecule has 1 aromatic rings. The van der Waals surface area contributed by atoms with Gasteiger partial charge >= 0.3 is 5.97 Å². The molecule has 1 N–H and O–H groups in total. The van der Waals surface area contributed by atoms with Gasteiger partial charge in [-0.05, 0) is 20.3 Å². The largest absolute Gasteiger partial charge is 0.478 e. The Kier molecular flexibility index (Phi) is 3.17. The maximum atomic E-state index is 10.9. The lowest BCUT2D eigenvalue weighted by Crippen LogP contribution is -2.11. The van der Waals surface area contributed by atoms with Gasteiger partial charge in [0, 0.05) is 0 Å². The molecule has 0 fully saturated rings. The maximum absolute atomic E-state index is 10.9. The van der Waals surface area contributed by atoms with E-state index in [4.69, 9.17) is 5.11 Å². The van der Waals surface area contributed by atoms with E-state index in [1.165, 1.54) is 0 Å². The highest BCUT2D eigenvalue weighted by Crippen LogP contribution is 2.12. The monoisotopic (exact) mass is 194 g/mol. The van der Waals surface area contributed by atoms with E-state index in [0.717, 1.165) is 6.42 Å². The zero-order valence-corrected chi connectivity index (χ0v) is 8.66. The van der Waals surface area contributed by atoms with Gasteiger partial charge in [-0.2, -0.15) is 0 Å². The van der Waals surface area contributed by atoms with Crippen LogP contribution in [0.1, 0.15) is 40.9 Å². The third-order valence-electron chi connectivity index (χ3n) is 1.98. The van der Waals surface area contributed by atoms with Crippen molar-refractivity contribution in [1.29, 1.82) is 0 Å². The van der Waals surface area contributed by atoms with E-state index in [9.17, 15) is 4.79 Å². The second kappa shape index (κ2) is 4.17. The summed E-state index contributed by atoms with van der Waals surface area (Å²) in [7, 11) is 0. The van der Waals surface area contributed by atoms with Crippen LogP contribution in [0.3, 0.4) is 0 Å². The zero-order chi connectivity index (χ0) is 10.7. The first-order valence-corrected chi connectivity index (χ1v) is 4.63. The first-order valence-electron chi connectivity index (χ1n) is 4.63. The number of aromatic nitrogens is 2. The summed E-state index contributed by atoms with van der Waals surface area (Å²) in [6.07, 6.45) is 1.57. The first-order chi connectivity index (χ1) is 6.56. The van der Waals surface area contributed by atoms with Gasteiger partial charge in [-0.3, -0.25) is 0 Å². The minimum Gasteiger partial charge on any atom is -0.478 e. The highest BCUT2D eigenvalue weighted by molar-refractivity contribution is 5.90. The first kappa shape index (κ1) is 10.6. The second-order valence-corrected chi connectivity index (χ2v) is 3.23. The van der Waals surface area contributed by atoms with E-state index in [0.29, 0.717) is 23.6 Å². The van der Waals surface area contributed by atoms with Gasteiger partial charge in [0.25, 0.3) is 0 Å². The molecule has 0 saturated heterocycles. The average molecular weight is 194 g/mol.